The molecule has 4 N–H and O–H groups in total. The van der Waals surface area contributed by atoms with Gasteiger partial charge in [-0.1, -0.05) is 14.5 Å². The van der Waals surface area contributed by atoms with Crippen molar-refractivity contribution in [3.63, 3.8) is 0 Å². The van der Waals surface area contributed by atoms with Gasteiger partial charge in [-0.3, -0.25) is 24.6 Å². The molecule has 3 heterocycles. The van der Waals surface area contributed by atoms with E-state index in [0.717, 1.165) is 27.5 Å². The van der Waals surface area contributed by atoms with Gasteiger partial charge in [-0.15, -0.1) is 0 Å². The van der Waals surface area contributed by atoms with E-state index in [9.17, 15) is 24.6 Å². The number of nitro benzene ring substituents is 2. The second kappa shape index (κ2) is 20.4. The SMILES string of the molecule is CCO.Cn1ccc2ccc(N)cc21.Cn1ccc2ccc([N+](=O)[O-])cc21.O=[N+]([O-])c1ccc2cc[nH]c2c1.[2H]CF.[BH4-].[CH3-].[Pd]. The van der Waals surface area contributed by atoms with Gasteiger partial charge in [0, 0.05) is 101 Å². The summed E-state index contributed by atoms with van der Waals surface area (Å²) in [6, 6.07) is 21.4. The molecular weight excluding hydrogens is 661 g/mol. The summed E-state index contributed by atoms with van der Waals surface area (Å²) in [5, 5.41) is 31.6. The standard InChI is InChI=1S/C9H8N2O2.C9H10N2.C8H6N2O2.C2H6O.CH3F.CH3.BH4.Pd/c1-10-5-4-7-2-3-8(11(12)13)6-9(7)10;1-11-5-4-7-2-3-8(10)6-9(7)11;11-10(12)7-2-1-6-3-4-9-8(6)5-7;1-2-3;1-2;;;/h2-6H,1H3;2-6H,10H2,1H3;1-5,9H;3H,2H2,1H3;1H3;1H3;1H4;/q;;;;;2*-1;/i;;;;1D;;;. The number of nitrogens with two attached hydrogens (primary N) is 1. The maximum absolute atomic E-state index is 10.5. The quantitative estimate of drug-likeness (QED) is 0.0711. The summed E-state index contributed by atoms with van der Waals surface area (Å²) >= 11 is 0. The first-order chi connectivity index (χ1) is 20.1. The van der Waals surface area contributed by atoms with Crippen LogP contribution in [-0.2, 0) is 34.5 Å². The van der Waals surface area contributed by atoms with Crippen molar-refractivity contribution in [3.8, 4) is 0 Å². The molecule has 0 atom stereocenters. The van der Waals surface area contributed by atoms with Crippen molar-refractivity contribution in [2.45, 2.75) is 6.92 Å². The van der Waals surface area contributed by atoms with E-state index in [0.29, 0.717) is 0 Å². The summed E-state index contributed by atoms with van der Waals surface area (Å²) in [7, 11) is 2.88. The Hall–Kier alpha value is -4.50. The van der Waals surface area contributed by atoms with E-state index in [1.54, 1.807) is 31.3 Å². The number of alkyl halides is 1. The summed E-state index contributed by atoms with van der Waals surface area (Å²) < 4.78 is 19.4. The van der Waals surface area contributed by atoms with Crippen molar-refractivity contribution in [2.75, 3.05) is 19.5 Å². The number of nitrogens with one attached hydrogen (secondary N) is 1. The first kappa shape index (κ1) is 39.5. The first-order valence-electron chi connectivity index (χ1n) is 12.9. The molecule has 0 radical (unpaired) electrons. The molecule has 0 saturated heterocycles. The number of anilines is 1. The molecule has 6 aromatic rings. The third-order valence-corrected chi connectivity index (χ3v) is 5.74. The van der Waals surface area contributed by atoms with Crippen LogP contribution in [0.25, 0.3) is 32.7 Å². The molecule has 0 aliphatic rings. The molecule has 0 fully saturated rings. The number of halogens is 1. The Kier molecular flexibility index (Phi) is 18.3. The van der Waals surface area contributed by atoms with E-state index < -0.39 is 12.1 Å². The Morgan fingerprint density at radius 2 is 1.30 bits per heavy atom. The molecule has 11 nitrogen and oxygen atoms in total. The maximum Gasteiger partial charge on any atom is 0.271 e. The zero-order valence-corrected chi connectivity index (χ0v) is 25.8. The second-order valence-corrected chi connectivity index (χ2v) is 8.49. The number of aliphatic hydroxyl groups is 1. The van der Waals surface area contributed by atoms with Gasteiger partial charge in [0.25, 0.3) is 11.4 Å². The number of hydrogen-bond acceptors (Lipinski definition) is 6. The number of nitrogens with zero attached hydrogens (tertiary/aromatic N) is 4. The molecule has 3 aromatic heterocycles. The Bertz CT molecular complexity index is 1760. The van der Waals surface area contributed by atoms with Crippen LogP contribution in [0.3, 0.4) is 0 Å². The number of benzene rings is 3. The molecule has 0 unspecified atom stereocenters. The second-order valence-electron chi connectivity index (χ2n) is 8.49. The van der Waals surface area contributed by atoms with Crippen molar-refractivity contribution in [3.05, 3.63) is 119 Å². The Morgan fingerprint density at radius 3 is 1.80 bits per heavy atom. The number of aliphatic hydroxyl groups excluding tert-OH is 1. The van der Waals surface area contributed by atoms with E-state index in [2.05, 4.69) is 15.6 Å². The average molecular weight is 702 g/mol. The molecule has 0 spiro atoms. The molecular formula is C30H40BFN6O5Pd-2. The van der Waals surface area contributed by atoms with Crippen LogP contribution >= 0.6 is 0 Å². The van der Waals surface area contributed by atoms with Crippen LogP contribution in [-0.4, -0.2) is 51.2 Å². The van der Waals surface area contributed by atoms with Gasteiger partial charge < -0.3 is 32.4 Å². The molecule has 14 heteroatoms. The number of aromatic nitrogens is 3. The summed E-state index contributed by atoms with van der Waals surface area (Å²) in [6.07, 6.45) is 5.67. The number of nitrogen functional groups attached to an aromatic ring is 1. The van der Waals surface area contributed by atoms with Crippen molar-refractivity contribution in [1.29, 1.82) is 0 Å². The molecule has 242 valence electrons. The van der Waals surface area contributed by atoms with E-state index in [-0.39, 0.29) is 59.2 Å². The van der Waals surface area contributed by atoms with Gasteiger partial charge in [0.1, 0.15) is 0 Å². The monoisotopic (exact) mass is 701 g/mol. The molecule has 44 heavy (non-hydrogen) atoms. The fourth-order valence-electron chi connectivity index (χ4n) is 3.79. The van der Waals surface area contributed by atoms with Crippen LogP contribution in [0.1, 0.15) is 8.29 Å². The van der Waals surface area contributed by atoms with Crippen LogP contribution in [0.4, 0.5) is 21.5 Å². The first-order valence-corrected chi connectivity index (χ1v) is 12.2. The van der Waals surface area contributed by atoms with Gasteiger partial charge in [-0.25, -0.2) is 0 Å². The van der Waals surface area contributed by atoms with Gasteiger partial charge in [0.2, 0.25) is 0 Å². The predicted molar refractivity (Wildman–Crippen MR) is 179 cm³/mol. The molecule has 6 rings (SSSR count). The Labute approximate surface area is 272 Å². The summed E-state index contributed by atoms with van der Waals surface area (Å²) in [6.45, 7) is 1.93. The van der Waals surface area contributed by atoms with E-state index in [1.165, 1.54) is 29.1 Å². The van der Waals surface area contributed by atoms with Crippen LogP contribution in [0.2, 0.25) is 0 Å². The third-order valence-electron chi connectivity index (χ3n) is 5.74. The zero-order chi connectivity index (χ0) is 31.2. The van der Waals surface area contributed by atoms with Crippen LogP contribution in [0.15, 0.2) is 91.4 Å². The molecule has 3 aromatic carbocycles. The summed E-state index contributed by atoms with van der Waals surface area (Å²) in [4.78, 5) is 23.0. The third kappa shape index (κ3) is 11.3. The number of non-ortho nitro benzene ring substituents is 2. The van der Waals surface area contributed by atoms with Crippen molar-refractivity contribution in [2.24, 2.45) is 14.1 Å². The van der Waals surface area contributed by atoms with Crippen molar-refractivity contribution < 1.29 is 41.1 Å². The molecule has 0 bridgehead atoms. The maximum atomic E-state index is 10.5. The van der Waals surface area contributed by atoms with Gasteiger partial charge in [-0.05, 0) is 60.2 Å². The topological polar surface area (TPSA) is 158 Å². The molecule has 0 saturated carbocycles. The van der Waals surface area contributed by atoms with E-state index >= 15 is 0 Å². The minimum absolute atomic E-state index is 0. The number of nitro groups is 2. The number of aryl methyl sites for hydroxylation is 2. The molecule has 0 aliphatic carbocycles. The van der Waals surface area contributed by atoms with Gasteiger partial charge in [0.15, 0.2) is 0 Å². The summed E-state index contributed by atoms with van der Waals surface area (Å²) in [5.41, 5.74) is 9.57. The fourth-order valence-corrected chi connectivity index (χ4v) is 3.79. The van der Waals surface area contributed by atoms with Crippen LogP contribution < -0.4 is 5.73 Å². The average Bonchev–Trinajstić information content (AvgIpc) is 3.68. The van der Waals surface area contributed by atoms with Crippen LogP contribution in [0.5, 0.6) is 0 Å². The fraction of sp³-hybridized carbons (Fsp3) is 0.167. The number of rotatable bonds is 2. The number of fused-ring (bicyclic) bond motifs is 3. The van der Waals surface area contributed by atoms with Gasteiger partial charge in [0.05, 0.1) is 29.4 Å². The summed E-state index contributed by atoms with van der Waals surface area (Å²) in [5.74, 6) is 0. The normalized spacial score (nSPS) is 9.43. The predicted octanol–water partition coefficient (Wildman–Crippen LogP) is 5.50. The molecule has 0 aliphatic heterocycles. The minimum atomic E-state index is -1.00. The van der Waals surface area contributed by atoms with Gasteiger partial charge in [-0.2, -0.15) is 0 Å². The number of aromatic amines is 1. The zero-order valence-electron chi connectivity index (χ0n) is 25.2. The minimum Gasteiger partial charge on any atom is -0.399 e. The number of hydrogen-bond donors (Lipinski definition) is 3. The largest absolute Gasteiger partial charge is 0.399 e. The van der Waals surface area contributed by atoms with Crippen molar-refractivity contribution in [1.82, 2.24) is 14.1 Å². The van der Waals surface area contributed by atoms with E-state index in [1.807, 2.05) is 61.4 Å². The Morgan fingerprint density at radius 1 is 0.864 bits per heavy atom. The van der Waals surface area contributed by atoms with Gasteiger partial charge >= 0.3 is 0 Å². The van der Waals surface area contributed by atoms with Crippen LogP contribution in [0, 0.1) is 27.7 Å². The van der Waals surface area contributed by atoms with Crippen molar-refractivity contribution >= 4 is 58.2 Å². The smallest absolute Gasteiger partial charge is 0.271 e. The molecule has 0 amide bonds. The number of H-pyrrole nitrogens is 1. The van der Waals surface area contributed by atoms with E-state index in [4.69, 9.17) is 12.2 Å². The Balaban J connectivity index is 0.